The molecule has 0 saturated carbocycles. The van der Waals surface area contributed by atoms with E-state index in [1.54, 1.807) is 6.92 Å². The summed E-state index contributed by atoms with van der Waals surface area (Å²) >= 11 is 1.07. The smallest absolute Gasteiger partial charge is 0.350 e. The lowest BCUT2D eigenvalue weighted by molar-refractivity contribution is 0.0532. The van der Waals surface area contributed by atoms with Gasteiger partial charge >= 0.3 is 12.0 Å². The molecule has 110 valence electrons. The van der Waals surface area contributed by atoms with Crippen molar-refractivity contribution in [3.05, 3.63) is 47.0 Å². The van der Waals surface area contributed by atoms with Gasteiger partial charge in [0.15, 0.2) is 5.13 Å². The van der Waals surface area contributed by atoms with Crippen molar-refractivity contribution < 1.29 is 14.3 Å². The van der Waals surface area contributed by atoms with Gasteiger partial charge < -0.3 is 10.1 Å². The Morgan fingerprint density at radius 1 is 1.29 bits per heavy atom. The van der Waals surface area contributed by atoms with E-state index in [-0.39, 0.29) is 6.03 Å². The third-order valence-electron chi connectivity index (χ3n) is 2.50. The first-order chi connectivity index (χ1) is 10.2. The van der Waals surface area contributed by atoms with E-state index < -0.39 is 5.97 Å². The molecule has 7 heteroatoms. The van der Waals surface area contributed by atoms with Gasteiger partial charge in [-0.25, -0.2) is 14.6 Å². The quantitative estimate of drug-likeness (QED) is 0.832. The highest BCUT2D eigenvalue weighted by Gasteiger charge is 2.12. The minimum Gasteiger partial charge on any atom is -0.462 e. The molecule has 21 heavy (non-hydrogen) atoms. The number of carbonyl (C=O) groups excluding carboxylic acids is 2. The zero-order valence-corrected chi connectivity index (χ0v) is 12.3. The first kappa shape index (κ1) is 15.0. The Labute approximate surface area is 126 Å². The van der Waals surface area contributed by atoms with Crippen molar-refractivity contribution in [3.63, 3.8) is 0 Å². The number of nitrogens with zero attached hydrogens (tertiary/aromatic N) is 1. The van der Waals surface area contributed by atoms with Gasteiger partial charge in [0.1, 0.15) is 4.88 Å². The van der Waals surface area contributed by atoms with Crippen LogP contribution in [0.1, 0.15) is 22.2 Å². The minimum atomic E-state index is -0.437. The SMILES string of the molecule is CCOC(=O)c1cnc(NC(=O)NCc2ccccc2)s1. The topological polar surface area (TPSA) is 80.3 Å². The predicted octanol–water partition coefficient (Wildman–Crippen LogP) is 2.64. The van der Waals surface area contributed by atoms with Crippen LogP contribution in [-0.2, 0) is 11.3 Å². The summed E-state index contributed by atoms with van der Waals surface area (Å²) in [6.07, 6.45) is 1.38. The molecule has 0 bridgehead atoms. The molecule has 1 aromatic heterocycles. The largest absolute Gasteiger partial charge is 0.462 e. The Morgan fingerprint density at radius 2 is 2.05 bits per heavy atom. The molecule has 0 saturated heterocycles. The van der Waals surface area contributed by atoms with Crippen LogP contribution in [-0.4, -0.2) is 23.6 Å². The van der Waals surface area contributed by atoms with Crippen molar-refractivity contribution >= 4 is 28.5 Å². The first-order valence-electron chi connectivity index (χ1n) is 6.40. The molecule has 0 aliphatic heterocycles. The van der Waals surface area contributed by atoms with E-state index in [1.807, 2.05) is 30.3 Å². The zero-order chi connectivity index (χ0) is 15.1. The van der Waals surface area contributed by atoms with E-state index in [9.17, 15) is 9.59 Å². The van der Waals surface area contributed by atoms with E-state index in [1.165, 1.54) is 6.20 Å². The van der Waals surface area contributed by atoms with Crippen LogP contribution in [0.15, 0.2) is 36.5 Å². The fourth-order valence-corrected chi connectivity index (χ4v) is 2.25. The minimum absolute atomic E-state index is 0.303. The molecule has 2 N–H and O–H groups in total. The molecule has 2 aromatic rings. The summed E-state index contributed by atoms with van der Waals surface area (Å²) in [4.78, 5) is 27.5. The standard InChI is InChI=1S/C14H15N3O3S/c1-2-20-12(18)11-9-16-14(21-11)17-13(19)15-8-10-6-4-3-5-7-10/h3-7,9H,2,8H2,1H3,(H2,15,16,17,19). The van der Waals surface area contributed by atoms with E-state index in [0.717, 1.165) is 16.9 Å². The fraction of sp³-hybridized carbons (Fsp3) is 0.214. The number of esters is 1. The maximum absolute atomic E-state index is 11.7. The molecular formula is C14H15N3O3S. The van der Waals surface area contributed by atoms with Crippen LogP contribution in [0.2, 0.25) is 0 Å². The van der Waals surface area contributed by atoms with Crippen LogP contribution in [0, 0.1) is 0 Å². The Bertz CT molecular complexity index is 613. The Kier molecular flexibility index (Phi) is 5.28. The molecule has 0 spiro atoms. The normalized spacial score (nSPS) is 9.95. The molecular weight excluding hydrogens is 290 g/mol. The Hall–Kier alpha value is -2.41. The van der Waals surface area contributed by atoms with Gasteiger partial charge in [-0.3, -0.25) is 5.32 Å². The molecule has 1 heterocycles. The number of aromatic nitrogens is 1. The van der Waals surface area contributed by atoms with E-state index in [4.69, 9.17) is 4.74 Å². The average Bonchev–Trinajstić information content (AvgIpc) is 2.95. The predicted molar refractivity (Wildman–Crippen MR) is 80.4 cm³/mol. The highest BCUT2D eigenvalue weighted by Crippen LogP contribution is 2.18. The molecule has 0 atom stereocenters. The molecule has 0 radical (unpaired) electrons. The summed E-state index contributed by atoms with van der Waals surface area (Å²) in [6.45, 7) is 2.45. The lowest BCUT2D eigenvalue weighted by atomic mass is 10.2. The van der Waals surface area contributed by atoms with Crippen molar-refractivity contribution in [1.29, 1.82) is 0 Å². The molecule has 2 rings (SSSR count). The van der Waals surface area contributed by atoms with Gasteiger partial charge in [0.25, 0.3) is 0 Å². The average molecular weight is 305 g/mol. The van der Waals surface area contributed by atoms with Gasteiger partial charge in [0.05, 0.1) is 12.8 Å². The summed E-state index contributed by atoms with van der Waals surface area (Å²) < 4.78 is 4.85. The van der Waals surface area contributed by atoms with Gasteiger partial charge in [-0.1, -0.05) is 41.7 Å². The lowest BCUT2D eigenvalue weighted by Crippen LogP contribution is -2.28. The molecule has 0 aliphatic carbocycles. The second-order valence-corrected chi connectivity index (χ2v) is 5.07. The number of ether oxygens (including phenoxy) is 1. The third kappa shape index (κ3) is 4.57. The van der Waals surface area contributed by atoms with Crippen molar-refractivity contribution in [3.8, 4) is 0 Å². The first-order valence-corrected chi connectivity index (χ1v) is 7.22. The van der Waals surface area contributed by atoms with E-state index in [2.05, 4.69) is 15.6 Å². The van der Waals surface area contributed by atoms with E-state index in [0.29, 0.717) is 23.2 Å². The number of carbonyl (C=O) groups is 2. The van der Waals surface area contributed by atoms with Crippen LogP contribution < -0.4 is 10.6 Å². The summed E-state index contributed by atoms with van der Waals surface area (Å²) in [5, 5.41) is 5.64. The van der Waals surface area contributed by atoms with Gasteiger partial charge in [-0.15, -0.1) is 0 Å². The number of nitrogens with one attached hydrogen (secondary N) is 2. The number of thiazole rings is 1. The second kappa shape index (κ2) is 7.39. The second-order valence-electron chi connectivity index (χ2n) is 4.04. The van der Waals surface area contributed by atoms with Crippen LogP contribution >= 0.6 is 11.3 Å². The highest BCUT2D eigenvalue weighted by molar-refractivity contribution is 7.17. The number of anilines is 1. The number of hydrogen-bond donors (Lipinski definition) is 2. The molecule has 0 aliphatic rings. The maximum atomic E-state index is 11.7. The summed E-state index contributed by atoms with van der Waals surface area (Å²) in [5.41, 5.74) is 0.999. The number of urea groups is 1. The lowest BCUT2D eigenvalue weighted by Gasteiger charge is -2.05. The molecule has 2 amide bonds. The van der Waals surface area contributed by atoms with Crippen LogP contribution in [0.4, 0.5) is 9.93 Å². The Morgan fingerprint density at radius 3 is 2.76 bits per heavy atom. The van der Waals surface area contributed by atoms with Crippen molar-refractivity contribution in [2.45, 2.75) is 13.5 Å². The van der Waals surface area contributed by atoms with Gasteiger partial charge in [0, 0.05) is 6.54 Å². The molecule has 1 aromatic carbocycles. The van der Waals surface area contributed by atoms with Crippen molar-refractivity contribution in [2.24, 2.45) is 0 Å². The van der Waals surface area contributed by atoms with Crippen LogP contribution in [0.3, 0.4) is 0 Å². The zero-order valence-electron chi connectivity index (χ0n) is 11.5. The third-order valence-corrected chi connectivity index (χ3v) is 3.39. The molecule has 0 unspecified atom stereocenters. The number of amides is 2. The Balaban J connectivity index is 1.84. The van der Waals surface area contributed by atoms with E-state index >= 15 is 0 Å². The van der Waals surface area contributed by atoms with Crippen LogP contribution in [0.25, 0.3) is 0 Å². The van der Waals surface area contributed by atoms with Crippen LogP contribution in [0.5, 0.6) is 0 Å². The number of rotatable bonds is 5. The van der Waals surface area contributed by atoms with Crippen molar-refractivity contribution in [1.82, 2.24) is 10.3 Å². The monoisotopic (exact) mass is 305 g/mol. The summed E-state index contributed by atoms with van der Waals surface area (Å²) in [7, 11) is 0. The molecule has 6 nitrogen and oxygen atoms in total. The van der Waals surface area contributed by atoms with Gasteiger partial charge in [-0.2, -0.15) is 0 Å². The van der Waals surface area contributed by atoms with Gasteiger partial charge in [0.2, 0.25) is 0 Å². The summed E-state index contributed by atoms with van der Waals surface area (Å²) in [5.74, 6) is -0.437. The van der Waals surface area contributed by atoms with Crippen molar-refractivity contribution in [2.75, 3.05) is 11.9 Å². The molecule has 0 fully saturated rings. The highest BCUT2D eigenvalue weighted by atomic mass is 32.1. The number of benzene rings is 1. The maximum Gasteiger partial charge on any atom is 0.350 e. The van der Waals surface area contributed by atoms with Gasteiger partial charge in [-0.05, 0) is 12.5 Å². The summed E-state index contributed by atoms with van der Waals surface area (Å²) in [6, 6.07) is 9.19. The fourth-order valence-electron chi connectivity index (χ4n) is 1.55. The number of hydrogen-bond acceptors (Lipinski definition) is 5.